The van der Waals surface area contributed by atoms with E-state index in [1.54, 1.807) is 0 Å². The van der Waals surface area contributed by atoms with Crippen LogP contribution in [0.25, 0.3) is 0 Å². The third-order valence-corrected chi connectivity index (χ3v) is 3.50. The fraction of sp³-hybridized carbons (Fsp3) is 0.588. The summed E-state index contributed by atoms with van der Waals surface area (Å²) in [6.07, 6.45) is 4.84. The molecule has 1 N–H and O–H groups in total. The van der Waals surface area contributed by atoms with Gasteiger partial charge in [-0.15, -0.1) is 0 Å². The zero-order valence-corrected chi connectivity index (χ0v) is 13.1. The van der Waals surface area contributed by atoms with Crippen LogP contribution in [0.4, 0.5) is 5.82 Å². The van der Waals surface area contributed by atoms with Crippen molar-refractivity contribution in [2.45, 2.75) is 52.1 Å². The highest BCUT2D eigenvalue weighted by molar-refractivity contribution is 5.43. The Kier molecular flexibility index (Phi) is 5.18. The van der Waals surface area contributed by atoms with E-state index in [-0.39, 0.29) is 0 Å². The molecule has 0 unspecified atom stereocenters. The summed E-state index contributed by atoms with van der Waals surface area (Å²) in [4.78, 5) is 6.96. The standard InChI is InChI=1S/C17H27N3/c1-5-6-16-9-14(11-18-15-7-8-15)10-17(19-16)20(4)12-13(2)3/h9-10,15,18H,2,5-8,11-12H2,1,3-4H3. The Morgan fingerprint density at radius 2 is 2.20 bits per heavy atom. The summed E-state index contributed by atoms with van der Waals surface area (Å²) in [6.45, 7) is 10.1. The van der Waals surface area contributed by atoms with E-state index < -0.39 is 0 Å². The van der Waals surface area contributed by atoms with Crippen LogP contribution in [-0.2, 0) is 13.0 Å². The van der Waals surface area contributed by atoms with E-state index in [1.807, 2.05) is 0 Å². The van der Waals surface area contributed by atoms with Crippen molar-refractivity contribution in [3.05, 3.63) is 35.5 Å². The van der Waals surface area contributed by atoms with Gasteiger partial charge >= 0.3 is 0 Å². The molecular weight excluding hydrogens is 246 g/mol. The lowest BCUT2D eigenvalue weighted by Gasteiger charge is -2.20. The molecule has 2 rings (SSSR count). The van der Waals surface area contributed by atoms with Gasteiger partial charge in [0.15, 0.2) is 0 Å². The van der Waals surface area contributed by atoms with Crippen molar-refractivity contribution in [2.75, 3.05) is 18.5 Å². The number of rotatable bonds is 8. The highest BCUT2D eigenvalue weighted by Crippen LogP contribution is 2.21. The van der Waals surface area contributed by atoms with E-state index in [0.29, 0.717) is 0 Å². The monoisotopic (exact) mass is 273 g/mol. The number of likely N-dealkylation sites (N-methyl/N-ethyl adjacent to an activating group) is 1. The van der Waals surface area contributed by atoms with Gasteiger partial charge in [0.05, 0.1) is 0 Å². The van der Waals surface area contributed by atoms with Crippen LogP contribution in [0, 0.1) is 0 Å². The maximum absolute atomic E-state index is 4.78. The zero-order chi connectivity index (χ0) is 14.5. The van der Waals surface area contributed by atoms with Gasteiger partial charge in [-0.1, -0.05) is 25.5 Å². The van der Waals surface area contributed by atoms with Crippen LogP contribution >= 0.6 is 0 Å². The molecule has 1 aromatic heterocycles. The number of nitrogens with zero attached hydrogens (tertiary/aromatic N) is 2. The van der Waals surface area contributed by atoms with Gasteiger partial charge in [0.25, 0.3) is 0 Å². The first-order valence-corrected chi connectivity index (χ1v) is 7.67. The number of aryl methyl sites for hydroxylation is 1. The second-order valence-corrected chi connectivity index (χ2v) is 6.04. The largest absolute Gasteiger partial charge is 0.356 e. The molecule has 0 bridgehead atoms. The van der Waals surface area contributed by atoms with Gasteiger partial charge < -0.3 is 10.2 Å². The third kappa shape index (κ3) is 4.64. The van der Waals surface area contributed by atoms with Crippen LogP contribution in [0.15, 0.2) is 24.3 Å². The molecule has 3 nitrogen and oxygen atoms in total. The highest BCUT2D eigenvalue weighted by atomic mass is 15.2. The molecule has 1 aromatic rings. The minimum absolute atomic E-state index is 0.745. The Bertz CT molecular complexity index is 463. The third-order valence-electron chi connectivity index (χ3n) is 3.50. The van der Waals surface area contributed by atoms with Crippen molar-refractivity contribution in [1.82, 2.24) is 10.3 Å². The Hall–Kier alpha value is -1.35. The molecule has 0 amide bonds. The Labute approximate surface area is 123 Å². The average Bonchev–Trinajstić information content (AvgIpc) is 3.20. The zero-order valence-electron chi connectivity index (χ0n) is 13.1. The molecule has 1 aliphatic carbocycles. The van der Waals surface area contributed by atoms with E-state index in [2.05, 4.69) is 49.8 Å². The van der Waals surface area contributed by atoms with Crippen LogP contribution in [0.2, 0.25) is 0 Å². The molecule has 1 heterocycles. The normalized spacial score (nSPS) is 14.3. The maximum Gasteiger partial charge on any atom is 0.129 e. The fourth-order valence-corrected chi connectivity index (χ4v) is 2.35. The van der Waals surface area contributed by atoms with Gasteiger partial charge in [-0.2, -0.15) is 0 Å². The number of hydrogen-bond donors (Lipinski definition) is 1. The van der Waals surface area contributed by atoms with Gasteiger partial charge in [0.2, 0.25) is 0 Å². The van der Waals surface area contributed by atoms with Gasteiger partial charge in [-0.05, 0) is 43.9 Å². The van der Waals surface area contributed by atoms with E-state index in [1.165, 1.54) is 24.1 Å². The summed E-state index contributed by atoms with van der Waals surface area (Å²) in [5.74, 6) is 1.06. The quantitative estimate of drug-likeness (QED) is 0.737. The van der Waals surface area contributed by atoms with Crippen molar-refractivity contribution in [3.8, 4) is 0 Å². The van der Waals surface area contributed by atoms with E-state index in [4.69, 9.17) is 4.98 Å². The fourth-order valence-electron chi connectivity index (χ4n) is 2.35. The van der Waals surface area contributed by atoms with Crippen LogP contribution in [-0.4, -0.2) is 24.6 Å². The van der Waals surface area contributed by atoms with E-state index in [9.17, 15) is 0 Å². The van der Waals surface area contributed by atoms with Crippen LogP contribution in [0.1, 0.15) is 44.4 Å². The van der Waals surface area contributed by atoms with Gasteiger partial charge in [0, 0.05) is 31.9 Å². The second kappa shape index (κ2) is 6.89. The molecule has 110 valence electrons. The molecule has 0 radical (unpaired) electrons. The van der Waals surface area contributed by atoms with Crippen molar-refractivity contribution in [1.29, 1.82) is 0 Å². The van der Waals surface area contributed by atoms with Crippen LogP contribution in [0.3, 0.4) is 0 Å². The van der Waals surface area contributed by atoms with Crippen LogP contribution < -0.4 is 10.2 Å². The number of anilines is 1. The van der Waals surface area contributed by atoms with Gasteiger partial charge in [-0.25, -0.2) is 4.98 Å². The molecule has 1 saturated carbocycles. The summed E-state index contributed by atoms with van der Waals surface area (Å²) < 4.78 is 0. The van der Waals surface area contributed by atoms with Crippen LogP contribution in [0.5, 0.6) is 0 Å². The first-order chi connectivity index (χ1) is 9.58. The number of aromatic nitrogens is 1. The number of pyridine rings is 1. The van der Waals surface area contributed by atoms with Gasteiger partial charge in [-0.3, -0.25) is 0 Å². The first kappa shape index (κ1) is 15.0. The molecule has 0 atom stereocenters. The molecule has 20 heavy (non-hydrogen) atoms. The molecule has 0 saturated heterocycles. The molecule has 0 aliphatic heterocycles. The summed E-state index contributed by atoms with van der Waals surface area (Å²) >= 11 is 0. The predicted molar refractivity (Wildman–Crippen MR) is 86.2 cm³/mol. The van der Waals surface area contributed by atoms with Gasteiger partial charge in [0.1, 0.15) is 5.82 Å². The summed E-state index contributed by atoms with van der Waals surface area (Å²) in [7, 11) is 2.09. The Balaban J connectivity index is 2.12. The molecule has 0 spiro atoms. The average molecular weight is 273 g/mol. The SMILES string of the molecule is C=C(C)CN(C)c1cc(CNC2CC2)cc(CCC)n1. The second-order valence-electron chi connectivity index (χ2n) is 6.04. The molecular formula is C17H27N3. The topological polar surface area (TPSA) is 28.2 Å². The highest BCUT2D eigenvalue weighted by Gasteiger charge is 2.20. The van der Waals surface area contributed by atoms with Crippen molar-refractivity contribution in [2.24, 2.45) is 0 Å². The van der Waals surface area contributed by atoms with Crippen molar-refractivity contribution in [3.63, 3.8) is 0 Å². The summed E-state index contributed by atoms with van der Waals surface area (Å²) in [6, 6.07) is 5.20. The summed E-state index contributed by atoms with van der Waals surface area (Å²) in [5, 5.41) is 3.59. The molecule has 1 aliphatic rings. The summed E-state index contributed by atoms with van der Waals surface area (Å²) in [5.41, 5.74) is 3.71. The molecule has 3 heteroatoms. The first-order valence-electron chi connectivity index (χ1n) is 7.67. The van der Waals surface area contributed by atoms with E-state index in [0.717, 1.165) is 43.4 Å². The van der Waals surface area contributed by atoms with E-state index >= 15 is 0 Å². The number of hydrogen-bond acceptors (Lipinski definition) is 3. The minimum atomic E-state index is 0.745. The lowest BCUT2D eigenvalue weighted by molar-refractivity contribution is 0.685. The lowest BCUT2D eigenvalue weighted by Crippen LogP contribution is -2.22. The Morgan fingerprint density at radius 1 is 1.45 bits per heavy atom. The Morgan fingerprint density at radius 3 is 2.80 bits per heavy atom. The molecule has 1 fully saturated rings. The number of nitrogens with one attached hydrogen (secondary N) is 1. The molecule has 0 aromatic carbocycles. The van der Waals surface area contributed by atoms with Crippen molar-refractivity contribution >= 4 is 5.82 Å². The maximum atomic E-state index is 4.78. The lowest BCUT2D eigenvalue weighted by atomic mass is 10.1. The smallest absolute Gasteiger partial charge is 0.129 e. The minimum Gasteiger partial charge on any atom is -0.356 e. The predicted octanol–water partition coefficient (Wildman–Crippen LogP) is 3.30. The van der Waals surface area contributed by atoms with Crippen molar-refractivity contribution < 1.29 is 0 Å².